The van der Waals surface area contributed by atoms with E-state index in [0.29, 0.717) is 12.8 Å². The zero-order chi connectivity index (χ0) is 11.5. The highest BCUT2D eigenvalue weighted by molar-refractivity contribution is 4.81. The average Bonchev–Trinajstić information content (AvgIpc) is 2.26. The van der Waals surface area contributed by atoms with Crippen LogP contribution in [-0.2, 0) is 0 Å². The summed E-state index contributed by atoms with van der Waals surface area (Å²) in [6, 6.07) is -0.339. The van der Waals surface area contributed by atoms with Crippen LogP contribution in [0.3, 0.4) is 0 Å². The lowest BCUT2D eigenvalue weighted by Gasteiger charge is -2.31. The highest BCUT2D eigenvalue weighted by atomic mass is 19.4. The Hall–Kier alpha value is -0.290. The first-order valence-electron chi connectivity index (χ1n) is 5.35. The summed E-state index contributed by atoms with van der Waals surface area (Å²) in [7, 11) is 1.44. The number of hydrogen-bond acceptors (Lipinski definition) is 2. The number of hydrogen-bond donors (Lipinski definition) is 1. The maximum absolute atomic E-state index is 12.2. The molecule has 90 valence electrons. The van der Waals surface area contributed by atoms with Crippen molar-refractivity contribution < 1.29 is 18.3 Å². The van der Waals surface area contributed by atoms with Gasteiger partial charge in [-0.1, -0.05) is 19.3 Å². The van der Waals surface area contributed by atoms with Crippen LogP contribution in [0.15, 0.2) is 0 Å². The molecule has 1 fully saturated rings. The predicted octanol–water partition coefficient (Wildman–Crippen LogP) is 2.17. The van der Waals surface area contributed by atoms with Gasteiger partial charge < -0.3 is 5.11 Å². The second-order valence-corrected chi connectivity index (χ2v) is 4.30. The highest BCUT2D eigenvalue weighted by Crippen LogP contribution is 2.24. The van der Waals surface area contributed by atoms with E-state index in [1.807, 2.05) is 0 Å². The number of rotatable bonds is 2. The van der Waals surface area contributed by atoms with Crippen LogP contribution < -0.4 is 0 Å². The van der Waals surface area contributed by atoms with E-state index in [2.05, 4.69) is 0 Å². The second-order valence-electron chi connectivity index (χ2n) is 4.30. The Balaban J connectivity index is 2.51. The molecule has 2 unspecified atom stereocenters. The van der Waals surface area contributed by atoms with Gasteiger partial charge >= 0.3 is 6.18 Å². The summed E-state index contributed by atoms with van der Waals surface area (Å²) >= 11 is 0. The summed E-state index contributed by atoms with van der Waals surface area (Å²) < 4.78 is 36.5. The Labute approximate surface area is 88.1 Å². The van der Waals surface area contributed by atoms with Crippen molar-refractivity contribution in [1.82, 2.24) is 4.90 Å². The predicted molar refractivity (Wildman–Crippen MR) is 51.6 cm³/mol. The van der Waals surface area contributed by atoms with Crippen molar-refractivity contribution in [2.75, 3.05) is 13.6 Å². The fraction of sp³-hybridized carbons (Fsp3) is 1.00. The third kappa shape index (κ3) is 4.38. The van der Waals surface area contributed by atoms with Gasteiger partial charge in [-0.2, -0.15) is 13.2 Å². The average molecular weight is 225 g/mol. The van der Waals surface area contributed by atoms with E-state index in [0.717, 1.165) is 19.3 Å². The van der Waals surface area contributed by atoms with Crippen LogP contribution in [0.1, 0.15) is 32.1 Å². The molecule has 5 heteroatoms. The van der Waals surface area contributed by atoms with Crippen molar-refractivity contribution in [3.05, 3.63) is 0 Å². The highest BCUT2D eigenvalue weighted by Gasteiger charge is 2.34. The largest absolute Gasteiger partial charge is 0.401 e. The maximum atomic E-state index is 12.2. The molecule has 1 rings (SSSR count). The van der Waals surface area contributed by atoms with Crippen molar-refractivity contribution in [3.63, 3.8) is 0 Å². The van der Waals surface area contributed by atoms with Gasteiger partial charge in [-0.25, -0.2) is 0 Å². The van der Waals surface area contributed by atoms with Gasteiger partial charge in [0.1, 0.15) is 0 Å². The molecule has 0 aromatic carbocycles. The van der Waals surface area contributed by atoms with E-state index in [4.69, 9.17) is 0 Å². The molecule has 0 heterocycles. The number of alkyl halides is 3. The fourth-order valence-corrected chi connectivity index (χ4v) is 2.18. The molecule has 0 bridgehead atoms. The molecule has 1 N–H and O–H groups in total. The van der Waals surface area contributed by atoms with Crippen LogP contribution in [0.2, 0.25) is 0 Å². The molecular weight excluding hydrogens is 207 g/mol. The molecule has 1 aliphatic rings. The molecule has 2 nitrogen and oxygen atoms in total. The minimum absolute atomic E-state index is 0.339. The standard InChI is InChI=1S/C10H18F3NO/c1-14(7-10(11,12)13)8-5-3-2-4-6-9(8)15/h8-9,15H,2-7H2,1H3. The minimum Gasteiger partial charge on any atom is -0.391 e. The zero-order valence-electron chi connectivity index (χ0n) is 8.93. The summed E-state index contributed by atoms with van der Waals surface area (Å²) in [5.74, 6) is 0. The Morgan fingerprint density at radius 1 is 1.20 bits per heavy atom. The molecule has 0 saturated heterocycles. The molecule has 0 radical (unpaired) electrons. The Morgan fingerprint density at radius 3 is 2.40 bits per heavy atom. The number of halogens is 3. The van der Waals surface area contributed by atoms with E-state index in [1.165, 1.54) is 11.9 Å². The van der Waals surface area contributed by atoms with Crippen molar-refractivity contribution in [3.8, 4) is 0 Å². The van der Waals surface area contributed by atoms with Crippen molar-refractivity contribution in [1.29, 1.82) is 0 Å². The van der Waals surface area contributed by atoms with Crippen LogP contribution in [0, 0.1) is 0 Å². The summed E-state index contributed by atoms with van der Waals surface area (Å²) in [6.07, 6.45) is -0.684. The number of likely N-dealkylation sites (N-methyl/N-ethyl adjacent to an activating group) is 1. The van der Waals surface area contributed by atoms with Crippen LogP contribution in [0.5, 0.6) is 0 Å². The first-order chi connectivity index (χ1) is 6.90. The number of nitrogens with zero attached hydrogens (tertiary/aromatic N) is 1. The molecule has 0 aromatic rings. The molecule has 15 heavy (non-hydrogen) atoms. The molecule has 1 saturated carbocycles. The van der Waals surface area contributed by atoms with E-state index in [-0.39, 0.29) is 6.04 Å². The van der Waals surface area contributed by atoms with Crippen LogP contribution in [0.25, 0.3) is 0 Å². The molecular formula is C10H18F3NO. The summed E-state index contributed by atoms with van der Waals surface area (Å²) in [5.41, 5.74) is 0. The summed E-state index contributed by atoms with van der Waals surface area (Å²) in [5, 5.41) is 9.71. The second kappa shape index (κ2) is 5.16. The van der Waals surface area contributed by atoms with E-state index < -0.39 is 18.8 Å². The summed E-state index contributed by atoms with van der Waals surface area (Å²) in [6.45, 7) is -0.936. The van der Waals surface area contributed by atoms with Gasteiger partial charge in [0.25, 0.3) is 0 Å². The van der Waals surface area contributed by atoms with Gasteiger partial charge in [-0.3, -0.25) is 4.90 Å². The monoisotopic (exact) mass is 225 g/mol. The quantitative estimate of drug-likeness (QED) is 0.728. The SMILES string of the molecule is CN(CC(F)(F)F)C1CCCCCC1O. The zero-order valence-corrected chi connectivity index (χ0v) is 8.93. The Morgan fingerprint density at radius 2 is 1.80 bits per heavy atom. The van der Waals surface area contributed by atoms with Gasteiger partial charge in [0.15, 0.2) is 0 Å². The Kier molecular flexibility index (Phi) is 4.40. The van der Waals surface area contributed by atoms with Gasteiger partial charge in [0.2, 0.25) is 0 Å². The van der Waals surface area contributed by atoms with Crippen molar-refractivity contribution in [2.45, 2.75) is 50.4 Å². The van der Waals surface area contributed by atoms with Crippen LogP contribution in [-0.4, -0.2) is 41.9 Å². The minimum atomic E-state index is -4.18. The van der Waals surface area contributed by atoms with Gasteiger partial charge in [0, 0.05) is 6.04 Å². The van der Waals surface area contributed by atoms with Gasteiger partial charge in [0.05, 0.1) is 12.6 Å². The molecule has 0 aromatic heterocycles. The molecule has 0 spiro atoms. The van der Waals surface area contributed by atoms with Gasteiger partial charge in [-0.15, -0.1) is 0 Å². The normalized spacial score (nSPS) is 29.2. The third-order valence-electron chi connectivity index (χ3n) is 2.94. The molecule has 2 atom stereocenters. The van der Waals surface area contributed by atoms with E-state index in [1.54, 1.807) is 0 Å². The number of aliphatic hydroxyl groups is 1. The van der Waals surface area contributed by atoms with Crippen LogP contribution >= 0.6 is 0 Å². The first kappa shape index (κ1) is 12.8. The van der Waals surface area contributed by atoms with Crippen molar-refractivity contribution >= 4 is 0 Å². The molecule has 0 amide bonds. The van der Waals surface area contributed by atoms with E-state index in [9.17, 15) is 18.3 Å². The lowest BCUT2D eigenvalue weighted by molar-refractivity contribution is -0.152. The fourth-order valence-electron chi connectivity index (χ4n) is 2.18. The molecule has 0 aliphatic heterocycles. The smallest absolute Gasteiger partial charge is 0.391 e. The Bertz CT molecular complexity index is 196. The first-order valence-corrected chi connectivity index (χ1v) is 5.35. The lowest BCUT2D eigenvalue weighted by atomic mass is 10.0. The lowest BCUT2D eigenvalue weighted by Crippen LogP contribution is -2.44. The van der Waals surface area contributed by atoms with Crippen molar-refractivity contribution in [2.24, 2.45) is 0 Å². The number of aliphatic hydroxyl groups excluding tert-OH is 1. The topological polar surface area (TPSA) is 23.5 Å². The van der Waals surface area contributed by atoms with Crippen LogP contribution in [0.4, 0.5) is 13.2 Å². The molecule has 1 aliphatic carbocycles. The maximum Gasteiger partial charge on any atom is 0.401 e. The summed E-state index contributed by atoms with van der Waals surface area (Å²) in [4.78, 5) is 1.23. The van der Waals surface area contributed by atoms with Gasteiger partial charge in [-0.05, 0) is 19.9 Å². The van der Waals surface area contributed by atoms with E-state index >= 15 is 0 Å². The third-order valence-corrected chi connectivity index (χ3v) is 2.94.